The predicted molar refractivity (Wildman–Crippen MR) is 67.3 cm³/mol. The van der Waals surface area contributed by atoms with Crippen molar-refractivity contribution in [3.8, 4) is 17.3 Å². The summed E-state index contributed by atoms with van der Waals surface area (Å²) in [7, 11) is -2.72. The summed E-state index contributed by atoms with van der Waals surface area (Å²) in [5.41, 5.74) is -0.807. The van der Waals surface area contributed by atoms with Gasteiger partial charge in [0.15, 0.2) is 0 Å². The van der Waals surface area contributed by atoms with E-state index in [1.54, 1.807) is 0 Å². The Balaban J connectivity index is 2.59. The Hall–Kier alpha value is -2.01. The smallest absolute Gasteiger partial charge is 0.141 e. The number of aryl methyl sites for hydroxylation is 1. The van der Waals surface area contributed by atoms with Gasteiger partial charge in [-0.25, -0.2) is 8.78 Å². The molecule has 106 valence electrons. The zero-order chi connectivity index (χ0) is 15.1. The Morgan fingerprint density at radius 2 is 1.85 bits per heavy atom. The minimum atomic E-state index is -4.02. The molecule has 1 aromatic carbocycles. The highest BCUT2D eigenvalue weighted by molar-refractivity contribution is 8.24. The van der Waals surface area contributed by atoms with Crippen LogP contribution in [0, 0.1) is 23.0 Å². The van der Waals surface area contributed by atoms with Gasteiger partial charge in [-0.3, -0.25) is 4.68 Å². The molecule has 0 aliphatic rings. The number of nitriles is 1. The summed E-state index contributed by atoms with van der Waals surface area (Å²) >= 11 is 0. The van der Waals surface area contributed by atoms with Gasteiger partial charge < -0.3 is 0 Å². The molecule has 0 unspecified atom stereocenters. The van der Waals surface area contributed by atoms with E-state index in [1.807, 2.05) is 0 Å². The first-order chi connectivity index (χ1) is 9.24. The second-order valence-corrected chi connectivity index (χ2v) is 6.01. The highest BCUT2D eigenvalue weighted by Gasteiger charge is 2.25. The van der Waals surface area contributed by atoms with Crippen molar-refractivity contribution in [2.45, 2.75) is 5.03 Å². The molecular formula is C12H9F4N3S. The summed E-state index contributed by atoms with van der Waals surface area (Å²) in [6, 6.07) is 4.03. The molecule has 0 aliphatic heterocycles. The van der Waals surface area contributed by atoms with E-state index in [0.717, 1.165) is 29.1 Å². The molecule has 0 atom stereocenters. The molecule has 0 N–H and O–H groups in total. The monoisotopic (exact) mass is 303 g/mol. The maximum absolute atomic E-state index is 13.8. The molecule has 0 aliphatic carbocycles. The molecule has 0 fully saturated rings. The molecule has 0 amide bonds. The highest BCUT2D eigenvalue weighted by atomic mass is 32.3. The van der Waals surface area contributed by atoms with Gasteiger partial charge >= 0.3 is 0 Å². The van der Waals surface area contributed by atoms with Crippen molar-refractivity contribution in [3.05, 3.63) is 35.4 Å². The van der Waals surface area contributed by atoms with Gasteiger partial charge in [0.1, 0.15) is 22.7 Å². The summed E-state index contributed by atoms with van der Waals surface area (Å²) in [5, 5.41) is 12.0. The van der Waals surface area contributed by atoms with Crippen molar-refractivity contribution in [1.82, 2.24) is 9.78 Å². The third kappa shape index (κ3) is 2.49. The topological polar surface area (TPSA) is 41.6 Å². The van der Waals surface area contributed by atoms with Crippen LogP contribution in [0.3, 0.4) is 0 Å². The van der Waals surface area contributed by atoms with Gasteiger partial charge in [0.25, 0.3) is 0 Å². The van der Waals surface area contributed by atoms with Gasteiger partial charge in [0, 0.05) is 24.9 Å². The fourth-order valence-electron chi connectivity index (χ4n) is 1.75. The lowest BCUT2D eigenvalue weighted by Crippen LogP contribution is -1.97. The molecule has 2 aromatic rings. The zero-order valence-corrected chi connectivity index (χ0v) is 11.3. The standard InChI is InChI=1S/C12H9F4N3S/c1-19-12(20(2,15)16)5-11(18-19)8-4-9(13)7(6-17)3-10(8)14/h3-5H,1-2H3. The molecule has 0 radical (unpaired) electrons. The number of aromatic nitrogens is 2. The minimum absolute atomic E-state index is 0.0996. The maximum Gasteiger partial charge on any atom is 0.141 e. The largest absolute Gasteiger partial charge is 0.258 e. The Morgan fingerprint density at radius 1 is 1.20 bits per heavy atom. The number of hydrogen-bond acceptors (Lipinski definition) is 2. The molecule has 8 heteroatoms. The highest BCUT2D eigenvalue weighted by Crippen LogP contribution is 2.56. The van der Waals surface area contributed by atoms with Crippen LogP contribution in [0.4, 0.5) is 16.6 Å². The summed E-state index contributed by atoms with van der Waals surface area (Å²) in [4.78, 5) is 0. The second-order valence-electron chi connectivity index (χ2n) is 4.14. The van der Waals surface area contributed by atoms with Crippen molar-refractivity contribution >= 4 is 10.8 Å². The van der Waals surface area contributed by atoms with Crippen molar-refractivity contribution in [3.63, 3.8) is 0 Å². The molecule has 0 spiro atoms. The van der Waals surface area contributed by atoms with Crippen LogP contribution in [0.2, 0.25) is 0 Å². The van der Waals surface area contributed by atoms with Gasteiger partial charge in [-0.05, 0) is 12.1 Å². The third-order valence-corrected chi connectivity index (χ3v) is 3.77. The van der Waals surface area contributed by atoms with Crippen molar-refractivity contribution in [1.29, 1.82) is 5.26 Å². The van der Waals surface area contributed by atoms with Crippen molar-refractivity contribution in [2.24, 2.45) is 7.05 Å². The SMILES string of the molecule is Cn1nc(-c2cc(F)c(C#N)cc2F)cc1S(C)(F)F. The fourth-order valence-corrected chi connectivity index (χ4v) is 2.57. The van der Waals surface area contributed by atoms with E-state index < -0.39 is 28.0 Å². The van der Waals surface area contributed by atoms with E-state index in [1.165, 1.54) is 13.1 Å². The van der Waals surface area contributed by atoms with Crippen LogP contribution in [0.1, 0.15) is 5.56 Å². The average molecular weight is 303 g/mol. The van der Waals surface area contributed by atoms with Crippen LogP contribution < -0.4 is 0 Å². The van der Waals surface area contributed by atoms with E-state index in [2.05, 4.69) is 5.10 Å². The Labute approximate surface area is 114 Å². The summed E-state index contributed by atoms with van der Waals surface area (Å²) in [6.07, 6.45) is 0.767. The van der Waals surface area contributed by atoms with Crippen LogP contribution in [-0.4, -0.2) is 16.0 Å². The van der Waals surface area contributed by atoms with Gasteiger partial charge in [-0.1, -0.05) is 0 Å². The molecule has 3 nitrogen and oxygen atoms in total. The Kier molecular flexibility index (Phi) is 3.48. The molecule has 0 saturated heterocycles. The van der Waals surface area contributed by atoms with Crippen LogP contribution in [0.15, 0.2) is 23.2 Å². The molecule has 0 saturated carbocycles. The summed E-state index contributed by atoms with van der Waals surface area (Å²) in [5.74, 6) is -1.81. The van der Waals surface area contributed by atoms with Gasteiger partial charge in [0.05, 0.1) is 22.1 Å². The Bertz CT molecular complexity index is 713. The third-order valence-electron chi connectivity index (χ3n) is 2.66. The summed E-state index contributed by atoms with van der Waals surface area (Å²) in [6.45, 7) is 0. The molecular weight excluding hydrogens is 294 g/mol. The average Bonchev–Trinajstić information content (AvgIpc) is 2.73. The van der Waals surface area contributed by atoms with Crippen LogP contribution >= 0.6 is 10.8 Å². The lowest BCUT2D eigenvalue weighted by atomic mass is 10.1. The van der Waals surface area contributed by atoms with E-state index in [-0.39, 0.29) is 16.3 Å². The first-order valence-corrected chi connectivity index (χ1v) is 7.19. The van der Waals surface area contributed by atoms with Gasteiger partial charge in [-0.15, -0.1) is 0 Å². The predicted octanol–water partition coefficient (Wildman–Crippen LogP) is 3.80. The minimum Gasteiger partial charge on any atom is -0.258 e. The number of halogens is 4. The van der Waals surface area contributed by atoms with Crippen LogP contribution in [0.25, 0.3) is 11.3 Å². The van der Waals surface area contributed by atoms with Crippen LogP contribution in [0.5, 0.6) is 0 Å². The lowest BCUT2D eigenvalue weighted by Gasteiger charge is -2.13. The molecule has 1 aromatic heterocycles. The maximum atomic E-state index is 13.8. The van der Waals surface area contributed by atoms with Crippen molar-refractivity contribution in [2.75, 3.05) is 6.26 Å². The lowest BCUT2D eigenvalue weighted by molar-refractivity contribution is 0.598. The quantitative estimate of drug-likeness (QED) is 0.792. The number of nitrogens with zero attached hydrogens (tertiary/aromatic N) is 3. The molecule has 2 rings (SSSR count). The number of benzene rings is 1. The van der Waals surface area contributed by atoms with E-state index in [4.69, 9.17) is 5.26 Å². The zero-order valence-electron chi connectivity index (χ0n) is 10.5. The first-order valence-electron chi connectivity index (χ1n) is 5.35. The number of hydrogen-bond donors (Lipinski definition) is 0. The van der Waals surface area contributed by atoms with Crippen molar-refractivity contribution < 1.29 is 16.6 Å². The van der Waals surface area contributed by atoms with Gasteiger partial charge in [-0.2, -0.15) is 18.1 Å². The van der Waals surface area contributed by atoms with E-state index in [9.17, 15) is 16.6 Å². The summed E-state index contributed by atoms with van der Waals surface area (Å²) < 4.78 is 54.9. The molecule has 1 heterocycles. The van der Waals surface area contributed by atoms with E-state index in [0.29, 0.717) is 0 Å². The first kappa shape index (κ1) is 14.4. The molecule has 0 bridgehead atoms. The fraction of sp³-hybridized carbons (Fsp3) is 0.167. The molecule has 20 heavy (non-hydrogen) atoms. The van der Waals surface area contributed by atoms with Gasteiger partial charge in [0.2, 0.25) is 0 Å². The number of rotatable bonds is 2. The normalized spacial score (nSPS) is 12.2. The van der Waals surface area contributed by atoms with E-state index >= 15 is 0 Å². The van der Waals surface area contributed by atoms with Crippen LogP contribution in [-0.2, 0) is 7.05 Å². The Morgan fingerprint density at radius 3 is 2.35 bits per heavy atom. The second kappa shape index (κ2) is 4.83.